The predicted octanol–water partition coefficient (Wildman–Crippen LogP) is 3.11. The van der Waals surface area contributed by atoms with Crippen molar-refractivity contribution in [1.29, 1.82) is 0 Å². The van der Waals surface area contributed by atoms with E-state index in [9.17, 15) is 9.59 Å². The number of imide groups is 1. The first-order valence-electron chi connectivity index (χ1n) is 10.4. The highest BCUT2D eigenvalue weighted by atomic mass is 16.5. The fourth-order valence-electron chi connectivity index (χ4n) is 5.50. The quantitative estimate of drug-likeness (QED) is 0.748. The number of nitrogens with zero attached hydrogens (tertiary/aromatic N) is 4. The van der Waals surface area contributed by atoms with Crippen molar-refractivity contribution in [3.8, 4) is 5.75 Å². The summed E-state index contributed by atoms with van der Waals surface area (Å²) in [4.78, 5) is 35.0. The number of amides is 3. The standard InChI is InChI=1S/C22H26N4O3/c1-24-12-11-23-20(24)19(15-8-4-6-10-18(15)29-2)26-21(27)17-13-14-7-3-5-9-16(14)25(17)22(26)28/h4,6,8,10-12,14,16-17,19H,3,5,7,9,13H2,1-2H3/t14-,16-,17-,19+/m0/s1. The second-order valence-corrected chi connectivity index (χ2v) is 8.30. The molecule has 0 N–H and O–H groups in total. The van der Waals surface area contributed by atoms with Gasteiger partial charge in [-0.3, -0.25) is 4.79 Å². The Morgan fingerprint density at radius 1 is 1.17 bits per heavy atom. The van der Waals surface area contributed by atoms with Gasteiger partial charge in [0.2, 0.25) is 0 Å². The average molecular weight is 394 g/mol. The van der Waals surface area contributed by atoms with Gasteiger partial charge in [-0.05, 0) is 31.2 Å². The number of carbonyl (C=O) groups excluding carboxylic acids is 2. The lowest BCUT2D eigenvalue weighted by Gasteiger charge is -2.33. The van der Waals surface area contributed by atoms with Gasteiger partial charge in [-0.15, -0.1) is 0 Å². The third-order valence-electron chi connectivity index (χ3n) is 6.83. The van der Waals surface area contributed by atoms with Crippen LogP contribution < -0.4 is 4.74 Å². The number of fused-ring (bicyclic) bond motifs is 3. The van der Waals surface area contributed by atoms with Crippen LogP contribution >= 0.6 is 0 Å². The van der Waals surface area contributed by atoms with E-state index in [-0.39, 0.29) is 24.0 Å². The third-order valence-corrected chi connectivity index (χ3v) is 6.83. The second kappa shape index (κ2) is 6.90. The van der Waals surface area contributed by atoms with Gasteiger partial charge in [0.05, 0.1) is 7.11 Å². The highest BCUT2D eigenvalue weighted by Crippen LogP contribution is 2.46. The summed E-state index contributed by atoms with van der Waals surface area (Å²) >= 11 is 0. The average Bonchev–Trinajstić information content (AvgIpc) is 3.40. The largest absolute Gasteiger partial charge is 0.496 e. The molecule has 3 fully saturated rings. The Hall–Kier alpha value is -2.83. The lowest BCUT2D eigenvalue weighted by molar-refractivity contribution is -0.129. The third kappa shape index (κ3) is 2.67. The first kappa shape index (κ1) is 18.2. The van der Waals surface area contributed by atoms with Crippen molar-refractivity contribution in [3.05, 3.63) is 48.0 Å². The van der Waals surface area contributed by atoms with Gasteiger partial charge < -0.3 is 14.2 Å². The number of aryl methyl sites for hydroxylation is 1. The molecule has 1 aromatic carbocycles. The molecule has 152 valence electrons. The van der Waals surface area contributed by atoms with Crippen LogP contribution in [-0.2, 0) is 11.8 Å². The molecule has 7 heteroatoms. The van der Waals surface area contributed by atoms with Crippen LogP contribution in [0.15, 0.2) is 36.7 Å². The van der Waals surface area contributed by atoms with Crippen LogP contribution in [0.1, 0.15) is 49.5 Å². The summed E-state index contributed by atoms with van der Waals surface area (Å²) in [6.45, 7) is 0. The zero-order chi connectivity index (χ0) is 20.1. The molecule has 5 rings (SSSR count). The summed E-state index contributed by atoms with van der Waals surface area (Å²) in [6.07, 6.45) is 8.75. The van der Waals surface area contributed by atoms with Crippen LogP contribution in [0.4, 0.5) is 4.79 Å². The van der Waals surface area contributed by atoms with Crippen molar-refractivity contribution >= 4 is 11.9 Å². The number of methoxy groups -OCH3 is 1. The normalized spacial score (nSPS) is 27.2. The van der Waals surface area contributed by atoms with Crippen LogP contribution in [0.3, 0.4) is 0 Å². The maximum absolute atomic E-state index is 13.6. The molecule has 2 aliphatic heterocycles. The summed E-state index contributed by atoms with van der Waals surface area (Å²) in [5, 5.41) is 0. The molecular formula is C22H26N4O3. The number of para-hydroxylation sites is 1. The first-order chi connectivity index (χ1) is 14.1. The number of imidazole rings is 1. The summed E-state index contributed by atoms with van der Waals surface area (Å²) in [5.74, 6) is 1.64. The smallest absolute Gasteiger partial charge is 0.328 e. The second-order valence-electron chi connectivity index (χ2n) is 8.30. The number of urea groups is 1. The highest BCUT2D eigenvalue weighted by Gasteiger charge is 2.57. The molecule has 1 aromatic heterocycles. The van der Waals surface area contributed by atoms with Crippen molar-refractivity contribution in [2.45, 2.75) is 50.2 Å². The zero-order valence-corrected chi connectivity index (χ0v) is 16.8. The number of carbonyl (C=O) groups is 2. The predicted molar refractivity (Wildman–Crippen MR) is 106 cm³/mol. The molecule has 0 unspecified atom stereocenters. The maximum Gasteiger partial charge on any atom is 0.328 e. The Kier molecular flexibility index (Phi) is 4.33. The molecule has 2 saturated heterocycles. The number of rotatable bonds is 4. The van der Waals surface area contributed by atoms with E-state index in [0.29, 0.717) is 17.5 Å². The molecule has 7 nitrogen and oxygen atoms in total. The van der Waals surface area contributed by atoms with Gasteiger partial charge in [0, 0.05) is 31.0 Å². The van der Waals surface area contributed by atoms with Crippen molar-refractivity contribution in [1.82, 2.24) is 19.4 Å². The van der Waals surface area contributed by atoms with Crippen molar-refractivity contribution < 1.29 is 14.3 Å². The first-order valence-corrected chi connectivity index (χ1v) is 10.4. The summed E-state index contributed by atoms with van der Waals surface area (Å²) < 4.78 is 7.44. The molecule has 4 atom stereocenters. The summed E-state index contributed by atoms with van der Waals surface area (Å²) in [5.41, 5.74) is 0.771. The maximum atomic E-state index is 13.6. The van der Waals surface area contributed by atoms with Gasteiger partial charge in [0.25, 0.3) is 5.91 Å². The molecule has 0 spiro atoms. The Morgan fingerprint density at radius 3 is 2.72 bits per heavy atom. The van der Waals surface area contributed by atoms with Crippen molar-refractivity contribution in [2.75, 3.05) is 7.11 Å². The van der Waals surface area contributed by atoms with E-state index in [0.717, 1.165) is 31.2 Å². The number of hydrogen-bond donors (Lipinski definition) is 0. The van der Waals surface area contributed by atoms with Crippen LogP contribution in [-0.4, -0.2) is 50.5 Å². The summed E-state index contributed by atoms with van der Waals surface area (Å²) in [7, 11) is 3.49. The molecule has 1 saturated carbocycles. The summed E-state index contributed by atoms with van der Waals surface area (Å²) in [6, 6.07) is 6.60. The minimum Gasteiger partial charge on any atom is -0.496 e. The lowest BCUT2D eigenvalue weighted by atomic mass is 9.84. The van der Waals surface area contributed by atoms with Gasteiger partial charge in [-0.1, -0.05) is 31.0 Å². The van der Waals surface area contributed by atoms with E-state index >= 15 is 0 Å². The van der Waals surface area contributed by atoms with Gasteiger partial charge in [0.1, 0.15) is 23.7 Å². The highest BCUT2D eigenvalue weighted by molar-refractivity contribution is 6.05. The van der Waals surface area contributed by atoms with E-state index in [4.69, 9.17) is 4.74 Å². The lowest BCUT2D eigenvalue weighted by Crippen LogP contribution is -2.43. The molecule has 3 heterocycles. The van der Waals surface area contributed by atoms with Crippen LogP contribution in [0.25, 0.3) is 0 Å². The number of benzene rings is 1. The van der Waals surface area contributed by atoms with Crippen molar-refractivity contribution in [3.63, 3.8) is 0 Å². The molecule has 3 aliphatic rings. The van der Waals surface area contributed by atoms with E-state index in [2.05, 4.69) is 4.98 Å². The van der Waals surface area contributed by atoms with Gasteiger partial charge >= 0.3 is 6.03 Å². The van der Waals surface area contributed by atoms with Crippen LogP contribution in [0.5, 0.6) is 5.75 Å². The Morgan fingerprint density at radius 2 is 1.97 bits per heavy atom. The minimum absolute atomic E-state index is 0.108. The molecule has 2 aromatic rings. The Labute approximate surface area is 170 Å². The molecule has 29 heavy (non-hydrogen) atoms. The molecule has 0 bridgehead atoms. The molecule has 3 amide bonds. The fourth-order valence-corrected chi connectivity index (χ4v) is 5.50. The van der Waals surface area contributed by atoms with Crippen LogP contribution in [0.2, 0.25) is 0 Å². The molecule has 0 radical (unpaired) electrons. The van der Waals surface area contributed by atoms with Gasteiger partial charge in [0.15, 0.2) is 0 Å². The molecule has 1 aliphatic carbocycles. The van der Waals surface area contributed by atoms with E-state index in [1.807, 2.05) is 47.0 Å². The van der Waals surface area contributed by atoms with E-state index in [1.54, 1.807) is 13.3 Å². The Balaban J connectivity index is 1.60. The monoisotopic (exact) mass is 394 g/mol. The SMILES string of the molecule is COc1ccccc1[C@H](c1nccn1C)N1C(=O)[C@@H]2C[C@@H]3CCCC[C@@H]3N2C1=O. The van der Waals surface area contributed by atoms with E-state index < -0.39 is 6.04 Å². The fraction of sp³-hybridized carbons (Fsp3) is 0.500. The zero-order valence-electron chi connectivity index (χ0n) is 16.8. The molecular weight excluding hydrogens is 368 g/mol. The minimum atomic E-state index is -0.612. The van der Waals surface area contributed by atoms with Crippen LogP contribution in [0, 0.1) is 5.92 Å². The van der Waals surface area contributed by atoms with Gasteiger partial charge in [-0.25, -0.2) is 14.7 Å². The van der Waals surface area contributed by atoms with Crippen molar-refractivity contribution in [2.24, 2.45) is 13.0 Å². The van der Waals surface area contributed by atoms with Gasteiger partial charge in [-0.2, -0.15) is 0 Å². The Bertz CT molecular complexity index is 955. The van der Waals surface area contributed by atoms with E-state index in [1.165, 1.54) is 11.3 Å². The number of aromatic nitrogens is 2. The number of ether oxygens (including phenoxy) is 1. The topological polar surface area (TPSA) is 67.7 Å². The number of hydrogen-bond acceptors (Lipinski definition) is 4.